The molecule has 0 unspecified atom stereocenters. The minimum atomic E-state index is -1.02. The summed E-state index contributed by atoms with van der Waals surface area (Å²) in [4.78, 5) is 18.3. The number of benzene rings is 1. The van der Waals surface area contributed by atoms with Crippen LogP contribution in [0.3, 0.4) is 0 Å². The number of aromatic nitrogens is 2. The van der Waals surface area contributed by atoms with Crippen molar-refractivity contribution in [2.45, 2.75) is 0 Å². The van der Waals surface area contributed by atoms with Gasteiger partial charge in [-0.15, -0.1) is 0 Å². The second-order valence-electron chi connectivity index (χ2n) is 3.75. The zero-order chi connectivity index (χ0) is 14.4. The molecule has 0 fully saturated rings. The molecule has 0 aliphatic rings. The Labute approximate surface area is 115 Å². The summed E-state index contributed by atoms with van der Waals surface area (Å²) in [5.74, 6) is 0.288. The van der Waals surface area contributed by atoms with Gasteiger partial charge in [0.05, 0.1) is 7.11 Å². The molecule has 6 nitrogen and oxygen atoms in total. The van der Waals surface area contributed by atoms with E-state index in [4.69, 9.17) is 14.6 Å². The number of rotatable bonds is 5. The van der Waals surface area contributed by atoms with E-state index >= 15 is 0 Å². The number of carbonyl (C=O) groups is 1. The number of hydrogen-bond donors (Lipinski definition) is 1. The number of ether oxygens (including phenoxy) is 2. The van der Waals surface area contributed by atoms with Crippen LogP contribution in [0.25, 0.3) is 6.08 Å². The van der Waals surface area contributed by atoms with Crippen LogP contribution < -0.4 is 9.47 Å². The van der Waals surface area contributed by atoms with Gasteiger partial charge in [0, 0.05) is 24.0 Å². The number of nitrogens with zero attached hydrogens (tertiary/aromatic N) is 2. The van der Waals surface area contributed by atoms with Crippen LogP contribution >= 0.6 is 0 Å². The molecule has 1 aromatic heterocycles. The van der Waals surface area contributed by atoms with Gasteiger partial charge in [0.2, 0.25) is 0 Å². The summed E-state index contributed by atoms with van der Waals surface area (Å²) >= 11 is 0. The fraction of sp³-hybridized carbons (Fsp3) is 0.0714. The van der Waals surface area contributed by atoms with Crippen LogP contribution in [0.1, 0.15) is 5.56 Å². The molecule has 1 heterocycles. The number of aliphatic carboxylic acids is 1. The Balaban J connectivity index is 2.04. The Kier molecular flexibility index (Phi) is 4.28. The maximum atomic E-state index is 10.4. The van der Waals surface area contributed by atoms with E-state index in [-0.39, 0.29) is 6.01 Å². The summed E-state index contributed by atoms with van der Waals surface area (Å²) in [5, 5.41) is 8.50. The van der Waals surface area contributed by atoms with Crippen LogP contribution in [0.2, 0.25) is 0 Å². The van der Waals surface area contributed by atoms with E-state index in [2.05, 4.69) is 9.97 Å². The molecule has 6 heteroatoms. The van der Waals surface area contributed by atoms with Crippen molar-refractivity contribution in [1.29, 1.82) is 0 Å². The largest absolute Gasteiger partial charge is 0.497 e. The van der Waals surface area contributed by atoms with Crippen LogP contribution in [0.4, 0.5) is 0 Å². The van der Waals surface area contributed by atoms with Gasteiger partial charge in [0.25, 0.3) is 0 Å². The third-order valence-electron chi connectivity index (χ3n) is 2.34. The van der Waals surface area contributed by atoms with Crippen LogP contribution in [-0.4, -0.2) is 28.2 Å². The molecule has 20 heavy (non-hydrogen) atoms. The first-order valence-corrected chi connectivity index (χ1v) is 5.72. The molecule has 1 aromatic carbocycles. The predicted octanol–water partition coefficient (Wildman–Crippen LogP) is 2.38. The van der Waals surface area contributed by atoms with Crippen LogP contribution in [-0.2, 0) is 4.79 Å². The molecule has 0 bridgehead atoms. The quantitative estimate of drug-likeness (QED) is 0.841. The first-order valence-electron chi connectivity index (χ1n) is 5.72. The monoisotopic (exact) mass is 272 g/mol. The molecular formula is C14H12N2O4. The number of methoxy groups -OCH3 is 1. The van der Waals surface area contributed by atoms with E-state index in [1.165, 1.54) is 18.5 Å². The van der Waals surface area contributed by atoms with Gasteiger partial charge in [-0.3, -0.25) is 0 Å². The highest BCUT2D eigenvalue weighted by Gasteiger charge is 2.01. The Bertz CT molecular complexity index is 606. The molecule has 0 saturated carbocycles. The molecular weight excluding hydrogens is 260 g/mol. The highest BCUT2D eigenvalue weighted by atomic mass is 16.5. The average molecular weight is 272 g/mol. The fourth-order valence-electron chi connectivity index (χ4n) is 1.38. The molecule has 0 amide bonds. The van der Waals surface area contributed by atoms with Crippen molar-refractivity contribution in [1.82, 2.24) is 9.97 Å². The van der Waals surface area contributed by atoms with Crippen molar-refractivity contribution < 1.29 is 19.4 Å². The molecule has 0 aliphatic carbocycles. The SMILES string of the molecule is COc1ccc(Oc2ncc(/C=C/C(=O)O)cn2)cc1. The molecule has 2 rings (SSSR count). The molecule has 0 atom stereocenters. The first kappa shape index (κ1) is 13.5. The maximum absolute atomic E-state index is 10.4. The maximum Gasteiger partial charge on any atom is 0.328 e. The number of carboxylic acids is 1. The lowest BCUT2D eigenvalue weighted by Crippen LogP contribution is -1.92. The zero-order valence-corrected chi connectivity index (χ0v) is 10.7. The summed E-state index contributed by atoms with van der Waals surface area (Å²) in [6.45, 7) is 0. The summed E-state index contributed by atoms with van der Waals surface area (Å²) in [7, 11) is 1.59. The van der Waals surface area contributed by atoms with Gasteiger partial charge in [-0.25, -0.2) is 14.8 Å². The molecule has 2 aromatic rings. The van der Waals surface area contributed by atoms with Gasteiger partial charge < -0.3 is 14.6 Å². The van der Waals surface area contributed by atoms with Crippen LogP contribution in [0.5, 0.6) is 17.5 Å². The summed E-state index contributed by atoms with van der Waals surface area (Å²) < 4.78 is 10.5. The van der Waals surface area contributed by atoms with Crippen molar-refractivity contribution in [2.24, 2.45) is 0 Å². The van der Waals surface area contributed by atoms with E-state index < -0.39 is 5.97 Å². The Morgan fingerprint density at radius 2 is 1.75 bits per heavy atom. The Hall–Kier alpha value is -2.89. The van der Waals surface area contributed by atoms with E-state index in [9.17, 15) is 4.79 Å². The number of hydrogen-bond acceptors (Lipinski definition) is 5. The third kappa shape index (κ3) is 3.81. The molecule has 0 spiro atoms. The van der Waals surface area contributed by atoms with Crippen molar-refractivity contribution >= 4 is 12.0 Å². The Morgan fingerprint density at radius 1 is 1.15 bits per heavy atom. The Morgan fingerprint density at radius 3 is 2.30 bits per heavy atom. The lowest BCUT2D eigenvalue weighted by molar-refractivity contribution is -0.131. The second kappa shape index (κ2) is 6.33. The summed E-state index contributed by atoms with van der Waals surface area (Å²) in [6, 6.07) is 7.18. The van der Waals surface area contributed by atoms with Gasteiger partial charge in [0.15, 0.2) is 0 Å². The second-order valence-corrected chi connectivity index (χ2v) is 3.75. The van der Waals surface area contributed by atoms with Crippen LogP contribution in [0.15, 0.2) is 42.7 Å². The molecule has 0 aliphatic heterocycles. The smallest absolute Gasteiger partial charge is 0.328 e. The van der Waals surface area contributed by atoms with E-state index in [0.29, 0.717) is 11.3 Å². The van der Waals surface area contributed by atoms with Crippen molar-refractivity contribution in [3.63, 3.8) is 0 Å². The minimum absolute atomic E-state index is 0.183. The van der Waals surface area contributed by atoms with E-state index in [1.807, 2.05) is 0 Å². The van der Waals surface area contributed by atoms with Crippen LogP contribution in [0, 0.1) is 0 Å². The normalized spacial score (nSPS) is 10.4. The molecule has 102 valence electrons. The average Bonchev–Trinajstić information content (AvgIpc) is 2.47. The molecule has 1 N–H and O–H groups in total. The first-order chi connectivity index (χ1) is 9.67. The van der Waals surface area contributed by atoms with Gasteiger partial charge in [-0.1, -0.05) is 0 Å². The van der Waals surface area contributed by atoms with Crippen molar-refractivity contribution in [2.75, 3.05) is 7.11 Å². The van der Waals surface area contributed by atoms with E-state index in [0.717, 1.165) is 11.8 Å². The van der Waals surface area contributed by atoms with Gasteiger partial charge in [0.1, 0.15) is 11.5 Å². The highest BCUT2D eigenvalue weighted by Crippen LogP contribution is 2.21. The fourth-order valence-corrected chi connectivity index (χ4v) is 1.38. The lowest BCUT2D eigenvalue weighted by Gasteiger charge is -2.04. The topological polar surface area (TPSA) is 81.5 Å². The predicted molar refractivity (Wildman–Crippen MR) is 71.8 cm³/mol. The standard InChI is InChI=1S/C14H12N2O4/c1-19-11-3-5-12(6-4-11)20-14-15-8-10(9-16-14)2-7-13(17)18/h2-9H,1H3,(H,17,18)/b7-2+. The van der Waals surface area contributed by atoms with Gasteiger partial charge in [-0.05, 0) is 30.3 Å². The van der Waals surface area contributed by atoms with Crippen molar-refractivity contribution in [3.05, 3.63) is 48.3 Å². The van der Waals surface area contributed by atoms with Gasteiger partial charge >= 0.3 is 12.0 Å². The molecule has 0 saturated heterocycles. The zero-order valence-electron chi connectivity index (χ0n) is 10.7. The van der Waals surface area contributed by atoms with Gasteiger partial charge in [-0.2, -0.15) is 0 Å². The minimum Gasteiger partial charge on any atom is -0.497 e. The summed E-state index contributed by atoms with van der Waals surface area (Å²) in [6.07, 6.45) is 5.37. The van der Waals surface area contributed by atoms with E-state index in [1.54, 1.807) is 31.4 Å². The number of carboxylic acid groups (broad SMARTS) is 1. The van der Waals surface area contributed by atoms with Crippen molar-refractivity contribution in [3.8, 4) is 17.5 Å². The lowest BCUT2D eigenvalue weighted by atomic mass is 10.3. The molecule has 0 radical (unpaired) electrons. The third-order valence-corrected chi connectivity index (χ3v) is 2.34. The highest BCUT2D eigenvalue weighted by molar-refractivity contribution is 5.85. The summed E-state index contributed by atoms with van der Waals surface area (Å²) in [5.41, 5.74) is 0.578.